The fourth-order valence-electron chi connectivity index (χ4n) is 8.20. The third-order valence-electron chi connectivity index (χ3n) is 10.8. The number of aromatic nitrogens is 3. The molecule has 3 heterocycles. The SMILES string of the molecule is c1ccc(-c2cc(-c3cc(-c4ccccc4)c(-n4c5ccccc5c5cc6c(cc54)sc4ccccc46)c(-c4ccccc4)c3)nc(-c3ccccc3)n2)cc1. The first-order valence-electron chi connectivity index (χ1n) is 18.9. The van der Waals surface area contributed by atoms with Crippen LogP contribution >= 0.6 is 11.3 Å². The molecule has 0 aliphatic heterocycles. The lowest BCUT2D eigenvalue weighted by atomic mass is 9.91. The first kappa shape index (κ1) is 32.3. The van der Waals surface area contributed by atoms with E-state index in [1.807, 2.05) is 35.6 Å². The Hall–Kier alpha value is -7.14. The van der Waals surface area contributed by atoms with E-state index in [0.29, 0.717) is 5.82 Å². The van der Waals surface area contributed by atoms with Crippen molar-refractivity contribution in [2.24, 2.45) is 0 Å². The molecular weight excluding hydrogens is 699 g/mol. The molecule has 0 radical (unpaired) electrons. The van der Waals surface area contributed by atoms with Crippen LogP contribution in [-0.4, -0.2) is 14.5 Å². The molecule has 0 unspecified atom stereocenters. The van der Waals surface area contributed by atoms with Gasteiger partial charge in [0.25, 0.3) is 0 Å². The molecule has 4 heteroatoms. The van der Waals surface area contributed by atoms with Crippen LogP contribution in [0.5, 0.6) is 0 Å². The van der Waals surface area contributed by atoms with Crippen LogP contribution in [0.4, 0.5) is 0 Å². The minimum Gasteiger partial charge on any atom is -0.308 e. The third kappa shape index (κ3) is 5.42. The van der Waals surface area contributed by atoms with Gasteiger partial charge >= 0.3 is 0 Å². The fourth-order valence-corrected chi connectivity index (χ4v) is 9.32. The molecule has 11 rings (SSSR count). The van der Waals surface area contributed by atoms with Crippen molar-refractivity contribution in [2.45, 2.75) is 0 Å². The van der Waals surface area contributed by atoms with E-state index in [1.165, 1.54) is 42.0 Å². The van der Waals surface area contributed by atoms with Gasteiger partial charge in [0.05, 0.1) is 28.1 Å². The Morgan fingerprint density at radius 1 is 0.339 bits per heavy atom. The number of hydrogen-bond donors (Lipinski definition) is 0. The number of nitrogens with zero attached hydrogens (tertiary/aromatic N) is 3. The van der Waals surface area contributed by atoms with Crippen molar-refractivity contribution >= 4 is 53.3 Å². The molecule has 0 saturated heterocycles. The van der Waals surface area contributed by atoms with E-state index in [2.05, 4.69) is 180 Å². The van der Waals surface area contributed by atoms with Crippen LogP contribution in [0.2, 0.25) is 0 Å². The molecule has 11 aromatic rings. The molecule has 262 valence electrons. The summed E-state index contributed by atoms with van der Waals surface area (Å²) in [5.41, 5.74) is 12.8. The first-order chi connectivity index (χ1) is 27.8. The summed E-state index contributed by atoms with van der Waals surface area (Å²) >= 11 is 1.86. The zero-order valence-electron chi connectivity index (χ0n) is 30.3. The Labute approximate surface area is 328 Å². The predicted molar refractivity (Wildman–Crippen MR) is 236 cm³/mol. The smallest absolute Gasteiger partial charge is 0.160 e. The maximum absolute atomic E-state index is 5.30. The molecule has 3 nitrogen and oxygen atoms in total. The summed E-state index contributed by atoms with van der Waals surface area (Å²) in [6.07, 6.45) is 0. The van der Waals surface area contributed by atoms with E-state index in [1.54, 1.807) is 0 Å². The molecule has 0 amide bonds. The molecule has 0 N–H and O–H groups in total. The quantitative estimate of drug-likeness (QED) is 0.170. The van der Waals surface area contributed by atoms with Gasteiger partial charge in [-0.2, -0.15) is 0 Å². The number of fused-ring (bicyclic) bond motifs is 6. The van der Waals surface area contributed by atoms with Gasteiger partial charge in [0, 0.05) is 58.8 Å². The molecule has 0 bridgehead atoms. The number of rotatable bonds is 6. The summed E-state index contributed by atoms with van der Waals surface area (Å²) in [5, 5.41) is 5.09. The zero-order valence-corrected chi connectivity index (χ0v) is 31.1. The maximum atomic E-state index is 5.30. The Kier molecular flexibility index (Phi) is 7.68. The van der Waals surface area contributed by atoms with Crippen LogP contribution in [0.15, 0.2) is 200 Å². The summed E-state index contributed by atoms with van der Waals surface area (Å²) in [5.74, 6) is 0.698. The van der Waals surface area contributed by atoms with Gasteiger partial charge in [-0.25, -0.2) is 9.97 Å². The van der Waals surface area contributed by atoms with Gasteiger partial charge < -0.3 is 4.57 Å². The molecule has 8 aromatic carbocycles. The van der Waals surface area contributed by atoms with Gasteiger partial charge in [-0.1, -0.05) is 158 Å². The standard InChI is InChI=1S/C52H33N3S/c1-5-17-34(18-6-1)41-29-38(46-32-45(36-21-9-3-10-22-36)53-52(54-46)37-23-11-4-12-24-37)30-42(35-19-7-2-8-20-35)51(41)55-47-27-15-13-25-39(47)43-31-44-40-26-14-16-28-49(40)56-50(44)33-48(43)55/h1-33H. The van der Waals surface area contributed by atoms with Gasteiger partial charge in [-0.05, 0) is 53.6 Å². The highest BCUT2D eigenvalue weighted by atomic mass is 32.1. The molecule has 0 aliphatic carbocycles. The van der Waals surface area contributed by atoms with Crippen LogP contribution in [0, 0.1) is 0 Å². The van der Waals surface area contributed by atoms with E-state index in [-0.39, 0.29) is 0 Å². The molecule has 0 atom stereocenters. The van der Waals surface area contributed by atoms with Crippen molar-refractivity contribution in [1.29, 1.82) is 0 Å². The Morgan fingerprint density at radius 2 is 0.857 bits per heavy atom. The highest BCUT2D eigenvalue weighted by molar-refractivity contribution is 7.25. The van der Waals surface area contributed by atoms with E-state index < -0.39 is 0 Å². The van der Waals surface area contributed by atoms with Crippen molar-refractivity contribution in [3.8, 4) is 61.8 Å². The molecule has 0 fully saturated rings. The van der Waals surface area contributed by atoms with Gasteiger partial charge in [0.2, 0.25) is 0 Å². The second-order valence-corrected chi connectivity index (χ2v) is 15.2. The highest BCUT2D eigenvalue weighted by Crippen LogP contribution is 2.46. The number of hydrogen-bond acceptors (Lipinski definition) is 3. The average molecular weight is 732 g/mol. The lowest BCUT2D eigenvalue weighted by Gasteiger charge is -2.21. The first-order valence-corrected chi connectivity index (χ1v) is 19.7. The third-order valence-corrected chi connectivity index (χ3v) is 11.9. The summed E-state index contributed by atoms with van der Waals surface area (Å²) < 4.78 is 5.10. The van der Waals surface area contributed by atoms with E-state index in [9.17, 15) is 0 Å². The average Bonchev–Trinajstić information content (AvgIpc) is 3.80. The second kappa shape index (κ2) is 13.3. The molecule has 56 heavy (non-hydrogen) atoms. The second-order valence-electron chi connectivity index (χ2n) is 14.2. The fraction of sp³-hybridized carbons (Fsp3) is 0. The van der Waals surface area contributed by atoms with Gasteiger partial charge in [-0.3, -0.25) is 0 Å². The minimum absolute atomic E-state index is 0.698. The van der Waals surface area contributed by atoms with Crippen molar-refractivity contribution in [1.82, 2.24) is 14.5 Å². The predicted octanol–water partition coefficient (Wildman–Crippen LogP) is 14.3. The summed E-state index contributed by atoms with van der Waals surface area (Å²) in [7, 11) is 0. The highest BCUT2D eigenvalue weighted by Gasteiger charge is 2.23. The summed E-state index contributed by atoms with van der Waals surface area (Å²) in [4.78, 5) is 10.4. The van der Waals surface area contributed by atoms with Crippen LogP contribution in [-0.2, 0) is 0 Å². The van der Waals surface area contributed by atoms with Crippen molar-refractivity contribution < 1.29 is 0 Å². The lowest BCUT2D eigenvalue weighted by Crippen LogP contribution is -2.02. The van der Waals surface area contributed by atoms with E-state index in [4.69, 9.17) is 9.97 Å². The Bertz CT molecular complexity index is 3100. The van der Waals surface area contributed by atoms with Crippen LogP contribution in [0.3, 0.4) is 0 Å². The van der Waals surface area contributed by atoms with E-state index in [0.717, 1.165) is 56.0 Å². The largest absolute Gasteiger partial charge is 0.308 e. The van der Waals surface area contributed by atoms with E-state index >= 15 is 0 Å². The number of para-hydroxylation sites is 1. The van der Waals surface area contributed by atoms with Crippen LogP contribution in [0.25, 0.3) is 104 Å². The Morgan fingerprint density at radius 3 is 1.50 bits per heavy atom. The summed E-state index contributed by atoms with van der Waals surface area (Å²) in [6.45, 7) is 0. The van der Waals surface area contributed by atoms with Gasteiger partial charge in [0.15, 0.2) is 5.82 Å². The molecule has 3 aromatic heterocycles. The number of benzene rings is 8. The molecule has 0 saturated carbocycles. The molecular formula is C52H33N3S. The molecule has 0 aliphatic rings. The van der Waals surface area contributed by atoms with Crippen molar-refractivity contribution in [2.75, 3.05) is 0 Å². The zero-order chi connectivity index (χ0) is 37.0. The van der Waals surface area contributed by atoms with Crippen molar-refractivity contribution in [3.63, 3.8) is 0 Å². The normalized spacial score (nSPS) is 11.6. The minimum atomic E-state index is 0.698. The van der Waals surface area contributed by atoms with Gasteiger partial charge in [-0.15, -0.1) is 11.3 Å². The van der Waals surface area contributed by atoms with Crippen LogP contribution in [0.1, 0.15) is 0 Å². The lowest BCUT2D eigenvalue weighted by molar-refractivity contribution is 1.17. The maximum Gasteiger partial charge on any atom is 0.160 e. The molecule has 0 spiro atoms. The monoisotopic (exact) mass is 731 g/mol. The summed E-state index contributed by atoms with van der Waals surface area (Å²) in [6, 6.07) is 71.5. The number of thiophene rings is 1. The van der Waals surface area contributed by atoms with Gasteiger partial charge in [0.1, 0.15) is 0 Å². The Balaban J connectivity index is 1.26. The van der Waals surface area contributed by atoms with Crippen molar-refractivity contribution in [3.05, 3.63) is 200 Å². The van der Waals surface area contributed by atoms with Crippen LogP contribution < -0.4 is 0 Å². The topological polar surface area (TPSA) is 30.7 Å².